The summed E-state index contributed by atoms with van der Waals surface area (Å²) in [7, 11) is 0. The number of nitrogens with one attached hydrogen (secondary N) is 2. The average molecular weight is 301 g/mol. The maximum absolute atomic E-state index is 11.9. The van der Waals surface area contributed by atoms with Crippen LogP contribution in [0.3, 0.4) is 0 Å². The van der Waals surface area contributed by atoms with Crippen LogP contribution in [0.2, 0.25) is 5.15 Å². The number of rotatable bonds is 8. The van der Waals surface area contributed by atoms with Crippen LogP contribution in [0.15, 0.2) is 12.1 Å². The number of halogens is 1. The number of nitrogens with two attached hydrogens (primary N) is 1. The molecule has 1 rings (SSSR count). The number of nitrogen functional groups attached to an aromatic ring is 1. The maximum Gasteiger partial charge on any atom is 0.251 e. The summed E-state index contributed by atoms with van der Waals surface area (Å²) in [6.07, 6.45) is 0.763. The Morgan fingerprint density at radius 3 is 2.90 bits per heavy atom. The summed E-state index contributed by atoms with van der Waals surface area (Å²) < 4.78 is 5.43. The SMILES string of the molecule is CC(C)COCCCNC(=O)c1cc(Cl)nc(NN)c1. The van der Waals surface area contributed by atoms with Crippen LogP contribution in [0.25, 0.3) is 0 Å². The first-order valence-corrected chi connectivity index (χ1v) is 6.91. The number of pyridine rings is 1. The number of nitrogens with zero attached hydrogens (tertiary/aromatic N) is 1. The molecule has 0 aromatic carbocycles. The molecule has 7 heteroatoms. The number of hydrogen-bond donors (Lipinski definition) is 3. The molecule has 0 bridgehead atoms. The summed E-state index contributed by atoms with van der Waals surface area (Å²) >= 11 is 5.80. The summed E-state index contributed by atoms with van der Waals surface area (Å²) in [5, 5.41) is 3.01. The molecule has 6 nitrogen and oxygen atoms in total. The fraction of sp³-hybridized carbons (Fsp3) is 0.538. The highest BCUT2D eigenvalue weighted by molar-refractivity contribution is 6.29. The van der Waals surface area contributed by atoms with Crippen LogP contribution >= 0.6 is 11.6 Å². The molecule has 0 saturated carbocycles. The fourth-order valence-corrected chi connectivity index (χ4v) is 1.71. The van der Waals surface area contributed by atoms with Crippen molar-refractivity contribution in [3.05, 3.63) is 22.8 Å². The molecule has 0 radical (unpaired) electrons. The van der Waals surface area contributed by atoms with Crippen LogP contribution < -0.4 is 16.6 Å². The molecule has 20 heavy (non-hydrogen) atoms. The van der Waals surface area contributed by atoms with Gasteiger partial charge >= 0.3 is 0 Å². The topological polar surface area (TPSA) is 89.3 Å². The number of ether oxygens (including phenoxy) is 1. The molecule has 0 saturated heterocycles. The molecule has 1 aromatic rings. The van der Waals surface area contributed by atoms with Crippen LogP contribution in [0, 0.1) is 5.92 Å². The van der Waals surface area contributed by atoms with Crippen molar-refractivity contribution in [1.82, 2.24) is 10.3 Å². The number of aromatic nitrogens is 1. The van der Waals surface area contributed by atoms with Crippen LogP contribution in [-0.4, -0.2) is 30.6 Å². The molecule has 0 aliphatic rings. The van der Waals surface area contributed by atoms with Crippen molar-refractivity contribution in [1.29, 1.82) is 0 Å². The fourth-order valence-electron chi connectivity index (χ4n) is 1.50. The second kappa shape index (κ2) is 8.73. The van der Waals surface area contributed by atoms with E-state index in [1.54, 1.807) is 0 Å². The Morgan fingerprint density at radius 2 is 2.25 bits per heavy atom. The average Bonchev–Trinajstić information content (AvgIpc) is 2.41. The molecular formula is C13H21ClN4O2. The molecule has 0 atom stereocenters. The summed E-state index contributed by atoms with van der Waals surface area (Å²) in [6.45, 7) is 6.10. The van der Waals surface area contributed by atoms with E-state index in [0.29, 0.717) is 30.5 Å². The summed E-state index contributed by atoms with van der Waals surface area (Å²) in [4.78, 5) is 15.8. The van der Waals surface area contributed by atoms with E-state index in [-0.39, 0.29) is 11.1 Å². The third-order valence-corrected chi connectivity index (χ3v) is 2.60. The molecule has 112 valence electrons. The van der Waals surface area contributed by atoms with E-state index in [9.17, 15) is 4.79 Å². The van der Waals surface area contributed by atoms with Gasteiger partial charge in [-0.25, -0.2) is 10.8 Å². The minimum absolute atomic E-state index is 0.213. The van der Waals surface area contributed by atoms with Crippen LogP contribution in [0.5, 0.6) is 0 Å². The van der Waals surface area contributed by atoms with Gasteiger partial charge in [0.1, 0.15) is 11.0 Å². The highest BCUT2D eigenvalue weighted by Gasteiger charge is 2.08. The first kappa shape index (κ1) is 16.7. The zero-order chi connectivity index (χ0) is 15.0. The van der Waals surface area contributed by atoms with Gasteiger partial charge in [0.15, 0.2) is 0 Å². The maximum atomic E-state index is 11.9. The molecule has 0 unspecified atom stereocenters. The van der Waals surface area contributed by atoms with Gasteiger partial charge in [0.25, 0.3) is 5.91 Å². The zero-order valence-electron chi connectivity index (χ0n) is 11.8. The largest absolute Gasteiger partial charge is 0.381 e. The minimum Gasteiger partial charge on any atom is -0.381 e. The minimum atomic E-state index is -0.213. The third-order valence-electron chi connectivity index (χ3n) is 2.41. The molecule has 1 amide bonds. The number of hydrazine groups is 1. The van der Waals surface area contributed by atoms with Crippen LogP contribution in [0.1, 0.15) is 30.6 Å². The van der Waals surface area contributed by atoms with Gasteiger partial charge in [-0.2, -0.15) is 0 Å². The predicted octanol–water partition coefficient (Wildman–Crippen LogP) is 1.81. The molecule has 0 spiro atoms. The quantitative estimate of drug-likeness (QED) is 0.295. The highest BCUT2D eigenvalue weighted by Crippen LogP contribution is 2.13. The van der Waals surface area contributed by atoms with Crippen molar-refractivity contribution in [2.24, 2.45) is 11.8 Å². The van der Waals surface area contributed by atoms with Gasteiger partial charge in [0.2, 0.25) is 0 Å². The molecule has 1 aromatic heterocycles. The first-order valence-electron chi connectivity index (χ1n) is 6.53. The zero-order valence-corrected chi connectivity index (χ0v) is 12.5. The van der Waals surface area contributed by atoms with E-state index in [2.05, 4.69) is 29.6 Å². The van der Waals surface area contributed by atoms with Crippen LogP contribution in [-0.2, 0) is 4.74 Å². The Labute approximate surface area is 124 Å². The predicted molar refractivity (Wildman–Crippen MR) is 79.7 cm³/mol. The normalized spacial score (nSPS) is 10.7. The lowest BCUT2D eigenvalue weighted by atomic mass is 10.2. The van der Waals surface area contributed by atoms with Gasteiger partial charge in [-0.1, -0.05) is 25.4 Å². The van der Waals surface area contributed by atoms with Gasteiger partial charge in [-0.15, -0.1) is 0 Å². The van der Waals surface area contributed by atoms with Gasteiger partial charge in [-0.05, 0) is 24.5 Å². The van der Waals surface area contributed by atoms with Crippen molar-refractivity contribution in [3.63, 3.8) is 0 Å². The van der Waals surface area contributed by atoms with Crippen molar-refractivity contribution in [3.8, 4) is 0 Å². The monoisotopic (exact) mass is 300 g/mol. The Bertz CT molecular complexity index is 440. The second-order valence-electron chi connectivity index (χ2n) is 4.79. The van der Waals surface area contributed by atoms with E-state index < -0.39 is 0 Å². The van der Waals surface area contributed by atoms with Crippen molar-refractivity contribution in [2.45, 2.75) is 20.3 Å². The van der Waals surface area contributed by atoms with Crippen molar-refractivity contribution in [2.75, 3.05) is 25.2 Å². The van der Waals surface area contributed by atoms with Gasteiger partial charge in [-0.3, -0.25) is 4.79 Å². The highest BCUT2D eigenvalue weighted by atomic mass is 35.5. The molecule has 0 aliphatic carbocycles. The smallest absolute Gasteiger partial charge is 0.251 e. The Morgan fingerprint density at radius 1 is 1.50 bits per heavy atom. The molecule has 1 heterocycles. The lowest BCUT2D eigenvalue weighted by molar-refractivity contribution is 0.0925. The van der Waals surface area contributed by atoms with E-state index in [1.807, 2.05) is 0 Å². The number of carbonyl (C=O) groups excluding carboxylic acids is 1. The van der Waals surface area contributed by atoms with E-state index >= 15 is 0 Å². The van der Waals surface area contributed by atoms with Gasteiger partial charge < -0.3 is 15.5 Å². The second-order valence-corrected chi connectivity index (χ2v) is 5.17. The molecule has 4 N–H and O–H groups in total. The lowest BCUT2D eigenvalue weighted by Crippen LogP contribution is -2.25. The van der Waals surface area contributed by atoms with Crippen molar-refractivity contribution < 1.29 is 9.53 Å². The first-order chi connectivity index (χ1) is 9.52. The molecule has 0 aliphatic heterocycles. The van der Waals surface area contributed by atoms with E-state index in [0.717, 1.165) is 13.0 Å². The summed E-state index contributed by atoms with van der Waals surface area (Å²) in [5.74, 6) is 5.90. The standard InChI is InChI=1S/C13H21ClN4O2/c1-9(2)8-20-5-3-4-16-13(19)10-6-11(14)17-12(7-10)18-15/h6-7,9H,3-5,8,15H2,1-2H3,(H,16,19)(H,17,18). The summed E-state index contributed by atoms with van der Waals surface area (Å²) in [5.41, 5.74) is 2.78. The number of anilines is 1. The Balaban J connectivity index is 2.34. The summed E-state index contributed by atoms with van der Waals surface area (Å²) in [6, 6.07) is 3.03. The van der Waals surface area contributed by atoms with E-state index in [1.165, 1.54) is 12.1 Å². The molecule has 0 fully saturated rings. The molecular weight excluding hydrogens is 280 g/mol. The third kappa shape index (κ3) is 6.18. The van der Waals surface area contributed by atoms with Gasteiger partial charge in [0, 0.05) is 25.3 Å². The Hall–Kier alpha value is -1.37. The number of carbonyl (C=O) groups is 1. The van der Waals surface area contributed by atoms with Crippen molar-refractivity contribution >= 4 is 23.3 Å². The van der Waals surface area contributed by atoms with Gasteiger partial charge in [0.05, 0.1) is 0 Å². The van der Waals surface area contributed by atoms with Crippen LogP contribution in [0.4, 0.5) is 5.82 Å². The number of amides is 1. The Kier molecular flexibility index (Phi) is 7.28. The van der Waals surface area contributed by atoms with E-state index in [4.69, 9.17) is 22.2 Å². The number of hydrogen-bond acceptors (Lipinski definition) is 5. The lowest BCUT2D eigenvalue weighted by Gasteiger charge is -2.08.